The highest BCUT2D eigenvalue weighted by atomic mass is 16.5. The van der Waals surface area contributed by atoms with Crippen molar-refractivity contribution in [1.82, 2.24) is 0 Å². The van der Waals surface area contributed by atoms with Crippen molar-refractivity contribution < 1.29 is 19.7 Å². The summed E-state index contributed by atoms with van der Waals surface area (Å²) in [5.41, 5.74) is 3.79. The quantitative estimate of drug-likeness (QED) is 0.418. The largest absolute Gasteiger partial charge is 0.491 e. The molecule has 4 heteroatoms. The van der Waals surface area contributed by atoms with E-state index in [2.05, 4.69) is 6.58 Å². The zero-order valence-electron chi connectivity index (χ0n) is 16.6. The summed E-state index contributed by atoms with van der Waals surface area (Å²) in [5, 5.41) is 20.7. The van der Waals surface area contributed by atoms with E-state index < -0.39 is 0 Å². The Morgan fingerprint density at radius 2 is 1.66 bits per heavy atom. The van der Waals surface area contributed by atoms with Gasteiger partial charge in [0.05, 0.1) is 13.2 Å². The number of aliphatic hydroxyl groups excluding tert-OH is 2. The second-order valence-electron chi connectivity index (χ2n) is 6.56. The van der Waals surface area contributed by atoms with Gasteiger partial charge in [0.2, 0.25) is 0 Å². The number of hydrogen-bond donors (Lipinski definition) is 2. The number of aryl methyl sites for hydroxylation is 1. The lowest BCUT2D eigenvalue weighted by Gasteiger charge is -2.21. The van der Waals surface area contributed by atoms with Gasteiger partial charge in [0.15, 0.2) is 0 Å². The molecule has 0 saturated carbocycles. The number of aliphatic hydroxyl groups is 2. The first-order chi connectivity index (χ1) is 14.2. The summed E-state index contributed by atoms with van der Waals surface area (Å²) >= 11 is 0. The lowest BCUT2D eigenvalue weighted by atomic mass is 9.89. The minimum atomic E-state index is -0.0954. The lowest BCUT2D eigenvalue weighted by molar-refractivity contribution is 0.153. The number of fused-ring (bicyclic) bond motifs is 1. The molecule has 0 aliphatic rings. The minimum absolute atomic E-state index is 0.0784. The monoisotopic (exact) mass is 390 g/mol. The average Bonchev–Trinajstić information content (AvgIpc) is 2.76. The van der Waals surface area contributed by atoms with Gasteiger partial charge >= 0.3 is 0 Å². The molecular weight excluding hydrogens is 364 g/mol. The van der Waals surface area contributed by atoms with E-state index in [-0.39, 0.29) is 26.4 Å². The van der Waals surface area contributed by atoms with E-state index >= 15 is 0 Å². The highest BCUT2D eigenvalue weighted by Crippen LogP contribution is 2.40. The van der Waals surface area contributed by atoms with Crippen LogP contribution in [0.4, 0.5) is 0 Å². The third kappa shape index (κ3) is 4.50. The van der Waals surface area contributed by atoms with Gasteiger partial charge in [-0.05, 0) is 41.0 Å². The first kappa shape index (κ1) is 20.6. The second-order valence-corrected chi connectivity index (χ2v) is 6.56. The van der Waals surface area contributed by atoms with E-state index in [0.717, 1.165) is 33.0 Å². The molecule has 0 bridgehead atoms. The van der Waals surface area contributed by atoms with Gasteiger partial charge in [-0.1, -0.05) is 61.2 Å². The molecule has 0 saturated heterocycles. The average molecular weight is 390 g/mol. The van der Waals surface area contributed by atoms with Gasteiger partial charge < -0.3 is 19.7 Å². The summed E-state index contributed by atoms with van der Waals surface area (Å²) in [7, 11) is 0. The standard InChI is InChI=1S/C25H26O4/c1-3-22(28-16-14-26)24(20-10-6-4-8-18(20)2)25-21-11-7-5-9-19(21)12-13-23(25)29-17-15-27/h3-13,26-27H,1,14-17H2,2H3/b24-22-. The fourth-order valence-corrected chi connectivity index (χ4v) is 3.42. The highest BCUT2D eigenvalue weighted by Gasteiger charge is 2.20. The van der Waals surface area contributed by atoms with Gasteiger partial charge in [0.25, 0.3) is 0 Å². The van der Waals surface area contributed by atoms with Crippen LogP contribution in [-0.2, 0) is 4.74 Å². The summed E-state index contributed by atoms with van der Waals surface area (Å²) < 4.78 is 11.8. The van der Waals surface area contributed by atoms with Crippen molar-refractivity contribution in [2.24, 2.45) is 0 Å². The Labute approximate surface area is 171 Å². The molecule has 3 aromatic rings. The van der Waals surface area contributed by atoms with E-state index in [1.165, 1.54) is 0 Å². The van der Waals surface area contributed by atoms with Crippen molar-refractivity contribution in [3.05, 3.63) is 95.8 Å². The molecule has 0 atom stereocenters. The van der Waals surface area contributed by atoms with Gasteiger partial charge in [-0.2, -0.15) is 0 Å². The molecule has 4 nitrogen and oxygen atoms in total. The fraction of sp³-hybridized carbons (Fsp3) is 0.200. The normalized spacial score (nSPS) is 11.8. The van der Waals surface area contributed by atoms with E-state index in [4.69, 9.17) is 9.47 Å². The van der Waals surface area contributed by atoms with Crippen LogP contribution in [0.2, 0.25) is 0 Å². The van der Waals surface area contributed by atoms with Crippen molar-refractivity contribution in [3.63, 3.8) is 0 Å². The Balaban J connectivity index is 2.39. The molecule has 0 spiro atoms. The molecule has 0 fully saturated rings. The first-order valence-corrected chi connectivity index (χ1v) is 9.63. The summed E-state index contributed by atoms with van der Waals surface area (Å²) in [4.78, 5) is 0. The number of hydrogen-bond acceptors (Lipinski definition) is 4. The molecule has 0 aliphatic carbocycles. The molecule has 2 N–H and O–H groups in total. The van der Waals surface area contributed by atoms with Crippen LogP contribution in [-0.4, -0.2) is 36.6 Å². The van der Waals surface area contributed by atoms with Crippen molar-refractivity contribution in [2.45, 2.75) is 6.92 Å². The molecule has 0 aromatic heterocycles. The Morgan fingerprint density at radius 1 is 0.931 bits per heavy atom. The van der Waals surface area contributed by atoms with E-state index in [9.17, 15) is 10.2 Å². The minimum Gasteiger partial charge on any atom is -0.491 e. The summed E-state index contributed by atoms with van der Waals surface area (Å²) in [5.74, 6) is 1.22. The van der Waals surface area contributed by atoms with Gasteiger partial charge in [0, 0.05) is 11.1 Å². The van der Waals surface area contributed by atoms with Crippen LogP contribution in [0, 0.1) is 6.92 Å². The summed E-state index contributed by atoms with van der Waals surface area (Å²) in [6.07, 6.45) is 1.66. The second kappa shape index (κ2) is 9.92. The van der Waals surface area contributed by atoms with Crippen LogP contribution in [0.25, 0.3) is 16.3 Å². The van der Waals surface area contributed by atoms with Crippen LogP contribution >= 0.6 is 0 Å². The van der Waals surface area contributed by atoms with Crippen molar-refractivity contribution in [1.29, 1.82) is 0 Å². The third-order valence-corrected chi connectivity index (χ3v) is 4.68. The Kier molecular flexibility index (Phi) is 7.06. The summed E-state index contributed by atoms with van der Waals surface area (Å²) in [6, 6.07) is 20.0. The predicted molar refractivity (Wildman–Crippen MR) is 117 cm³/mol. The van der Waals surface area contributed by atoms with E-state index in [1.807, 2.05) is 67.6 Å². The smallest absolute Gasteiger partial charge is 0.128 e. The molecule has 0 radical (unpaired) electrons. The van der Waals surface area contributed by atoms with Crippen LogP contribution in [0.1, 0.15) is 16.7 Å². The molecule has 150 valence electrons. The highest BCUT2D eigenvalue weighted by molar-refractivity contribution is 6.01. The van der Waals surface area contributed by atoms with Gasteiger partial charge in [-0.3, -0.25) is 0 Å². The molecule has 3 aromatic carbocycles. The maximum Gasteiger partial charge on any atom is 0.128 e. The zero-order chi connectivity index (χ0) is 20.6. The van der Waals surface area contributed by atoms with E-state index in [1.54, 1.807) is 6.08 Å². The first-order valence-electron chi connectivity index (χ1n) is 9.63. The van der Waals surface area contributed by atoms with Crippen molar-refractivity contribution in [3.8, 4) is 5.75 Å². The molecule has 3 rings (SSSR count). The predicted octanol–water partition coefficient (Wildman–Crippen LogP) is 4.47. The molecule has 0 heterocycles. The molecule has 29 heavy (non-hydrogen) atoms. The van der Waals surface area contributed by atoms with Crippen LogP contribution < -0.4 is 4.74 Å². The topological polar surface area (TPSA) is 58.9 Å². The third-order valence-electron chi connectivity index (χ3n) is 4.68. The Hall–Kier alpha value is -3.08. The number of benzene rings is 3. The van der Waals surface area contributed by atoms with Crippen molar-refractivity contribution in [2.75, 3.05) is 26.4 Å². The zero-order valence-corrected chi connectivity index (χ0v) is 16.6. The maximum atomic E-state index is 9.30. The number of allylic oxidation sites excluding steroid dienone is 1. The molecule has 0 amide bonds. The van der Waals surface area contributed by atoms with Gasteiger partial charge in [0.1, 0.15) is 24.7 Å². The van der Waals surface area contributed by atoms with Gasteiger partial charge in [-0.15, -0.1) is 0 Å². The number of rotatable bonds is 9. The van der Waals surface area contributed by atoms with Gasteiger partial charge in [-0.25, -0.2) is 0 Å². The molecule has 0 aliphatic heterocycles. The Bertz CT molecular complexity index is 1020. The number of ether oxygens (including phenoxy) is 2. The SMILES string of the molecule is C=C/C(OCCO)=C(\c1ccccc1C)c1c(OCCO)ccc2ccccc12. The van der Waals surface area contributed by atoms with E-state index in [0.29, 0.717) is 11.5 Å². The summed E-state index contributed by atoms with van der Waals surface area (Å²) in [6.45, 7) is 6.16. The molecule has 0 unspecified atom stereocenters. The fourth-order valence-electron chi connectivity index (χ4n) is 3.42. The Morgan fingerprint density at radius 3 is 2.38 bits per heavy atom. The lowest BCUT2D eigenvalue weighted by Crippen LogP contribution is -2.07. The van der Waals surface area contributed by atoms with Crippen LogP contribution in [0.15, 0.2) is 79.1 Å². The van der Waals surface area contributed by atoms with Crippen LogP contribution in [0.3, 0.4) is 0 Å². The maximum absolute atomic E-state index is 9.30. The van der Waals surface area contributed by atoms with Crippen molar-refractivity contribution >= 4 is 16.3 Å². The molecular formula is C25H26O4. The van der Waals surface area contributed by atoms with Crippen LogP contribution in [0.5, 0.6) is 5.75 Å².